The molecule has 2 aromatic rings. The minimum atomic E-state index is -3.82. The van der Waals surface area contributed by atoms with Crippen LogP contribution in [-0.2, 0) is 9.36 Å². The molecule has 0 spiro atoms. The van der Waals surface area contributed by atoms with Crippen molar-refractivity contribution in [1.29, 1.82) is 0 Å². The summed E-state index contributed by atoms with van der Waals surface area (Å²) in [5.74, 6) is -0.895. The fourth-order valence-electron chi connectivity index (χ4n) is 1.59. The highest BCUT2D eigenvalue weighted by Gasteiger charge is 2.27. The highest BCUT2D eigenvalue weighted by Crippen LogP contribution is 2.49. The van der Waals surface area contributed by atoms with Gasteiger partial charge in [0.2, 0.25) is 0 Å². The first kappa shape index (κ1) is 14.8. The summed E-state index contributed by atoms with van der Waals surface area (Å²) in [6, 6.07) is 7.41. The van der Waals surface area contributed by atoms with Crippen molar-refractivity contribution in [2.75, 3.05) is 0 Å². The van der Waals surface area contributed by atoms with Gasteiger partial charge in [-0.25, -0.2) is 9.65 Å². The summed E-state index contributed by atoms with van der Waals surface area (Å²) >= 11 is 5.75. The summed E-state index contributed by atoms with van der Waals surface area (Å²) in [5.41, 5.74) is 0.660. The molecule has 1 heterocycles. The highest BCUT2D eigenvalue weighted by molar-refractivity contribution is 7.84. The van der Waals surface area contributed by atoms with Gasteiger partial charge in [0.05, 0.1) is 5.52 Å². The molecule has 2 atom stereocenters. The van der Waals surface area contributed by atoms with E-state index in [9.17, 15) is 9.36 Å². The second kappa shape index (κ2) is 5.79. The number of pyridine rings is 1. The van der Waals surface area contributed by atoms with Crippen molar-refractivity contribution in [3.8, 4) is 5.75 Å². The predicted octanol–water partition coefficient (Wildman–Crippen LogP) is 3.02. The number of nitrogens with one attached hydrogen (secondary N) is 1. The van der Waals surface area contributed by atoms with Gasteiger partial charge >= 0.3 is 12.8 Å². The molecule has 0 bridgehead atoms. The maximum absolute atomic E-state index is 12.1. The molecular formula is C12H12ClN2O4P. The number of benzene rings is 1. The van der Waals surface area contributed by atoms with E-state index >= 15 is 0 Å². The number of nitrogens with zero attached hydrogens (tertiary/aromatic N) is 1. The Labute approximate surface area is 120 Å². The van der Waals surface area contributed by atoms with Crippen LogP contribution in [0.4, 0.5) is 0 Å². The Morgan fingerprint density at radius 2 is 2.20 bits per heavy atom. The number of carboxylic acids is 1. The molecule has 1 aromatic carbocycles. The fraction of sp³-hybridized carbons (Fsp3) is 0.167. The zero-order valence-electron chi connectivity index (χ0n) is 10.5. The molecule has 0 aliphatic rings. The Balaban J connectivity index is 2.27. The van der Waals surface area contributed by atoms with Crippen LogP contribution in [0.25, 0.3) is 10.9 Å². The van der Waals surface area contributed by atoms with Crippen LogP contribution in [0, 0.1) is 0 Å². The minimum Gasteiger partial charge on any atom is -0.480 e. The highest BCUT2D eigenvalue weighted by atomic mass is 35.7. The molecule has 2 rings (SSSR count). The number of aliphatic carboxylic acids is 1. The topological polar surface area (TPSA) is 88.5 Å². The Morgan fingerprint density at radius 1 is 1.45 bits per heavy atom. The fourth-order valence-corrected chi connectivity index (χ4v) is 3.29. The molecule has 20 heavy (non-hydrogen) atoms. The Morgan fingerprint density at radius 3 is 2.90 bits per heavy atom. The maximum Gasteiger partial charge on any atom is 0.409 e. The van der Waals surface area contributed by atoms with Gasteiger partial charge in [-0.2, -0.15) is 0 Å². The van der Waals surface area contributed by atoms with Crippen molar-refractivity contribution in [2.45, 2.75) is 13.0 Å². The molecule has 1 aromatic heterocycles. The van der Waals surface area contributed by atoms with Crippen molar-refractivity contribution in [2.24, 2.45) is 0 Å². The molecule has 0 amide bonds. The summed E-state index contributed by atoms with van der Waals surface area (Å²) in [4.78, 5) is 14.9. The predicted molar refractivity (Wildman–Crippen MR) is 76.1 cm³/mol. The average molecular weight is 315 g/mol. The number of aromatic nitrogens is 1. The first-order valence-electron chi connectivity index (χ1n) is 5.73. The Hall–Kier alpha value is -1.62. The van der Waals surface area contributed by atoms with Crippen LogP contribution in [-0.4, -0.2) is 22.1 Å². The third kappa shape index (κ3) is 3.48. The van der Waals surface area contributed by atoms with E-state index in [2.05, 4.69) is 10.1 Å². The van der Waals surface area contributed by atoms with Crippen LogP contribution in [0.3, 0.4) is 0 Å². The molecule has 0 aliphatic carbocycles. The molecular weight excluding hydrogens is 303 g/mol. The van der Waals surface area contributed by atoms with Crippen LogP contribution in [0.1, 0.15) is 6.92 Å². The van der Waals surface area contributed by atoms with Crippen LogP contribution in [0.2, 0.25) is 0 Å². The summed E-state index contributed by atoms with van der Waals surface area (Å²) in [5, 5.41) is 11.7. The van der Waals surface area contributed by atoms with E-state index < -0.39 is 18.9 Å². The largest absolute Gasteiger partial charge is 0.480 e. The van der Waals surface area contributed by atoms with Gasteiger partial charge < -0.3 is 9.63 Å². The zero-order valence-corrected chi connectivity index (χ0v) is 12.1. The number of fused-ring (bicyclic) bond motifs is 1. The van der Waals surface area contributed by atoms with E-state index in [4.69, 9.17) is 20.9 Å². The van der Waals surface area contributed by atoms with Crippen LogP contribution < -0.4 is 9.61 Å². The molecule has 0 saturated heterocycles. The monoisotopic (exact) mass is 314 g/mol. The number of carbonyl (C=O) groups is 1. The molecule has 2 N–H and O–H groups in total. The van der Waals surface area contributed by atoms with Gasteiger partial charge in [-0.15, -0.1) is 0 Å². The SMILES string of the molecule is CC(NP(=O)(Cl)Oc1cccc2ncccc12)C(=O)O. The normalized spacial score (nSPS) is 15.5. The lowest BCUT2D eigenvalue weighted by molar-refractivity contribution is -0.138. The van der Waals surface area contributed by atoms with Gasteiger partial charge in [-0.05, 0) is 31.2 Å². The van der Waals surface area contributed by atoms with Gasteiger partial charge in [-0.1, -0.05) is 6.07 Å². The third-order valence-corrected chi connectivity index (χ3v) is 4.17. The number of hydrogen-bond donors (Lipinski definition) is 2. The smallest absolute Gasteiger partial charge is 0.409 e. The lowest BCUT2D eigenvalue weighted by Gasteiger charge is -2.17. The number of carboxylic acid groups (broad SMARTS) is 1. The van der Waals surface area contributed by atoms with Crippen molar-refractivity contribution in [1.82, 2.24) is 10.1 Å². The maximum atomic E-state index is 12.1. The zero-order chi connectivity index (χ0) is 14.8. The molecule has 0 fully saturated rings. The van der Waals surface area contributed by atoms with Crippen molar-refractivity contribution in [3.63, 3.8) is 0 Å². The third-order valence-electron chi connectivity index (χ3n) is 2.54. The first-order valence-corrected chi connectivity index (χ1v) is 8.26. The number of hydrogen-bond acceptors (Lipinski definition) is 4. The van der Waals surface area contributed by atoms with Gasteiger partial charge in [0.15, 0.2) is 0 Å². The average Bonchev–Trinajstić information content (AvgIpc) is 2.38. The Kier molecular flexibility index (Phi) is 4.28. The summed E-state index contributed by atoms with van der Waals surface area (Å²) < 4.78 is 17.3. The summed E-state index contributed by atoms with van der Waals surface area (Å²) in [6.07, 6.45) is 1.62. The first-order chi connectivity index (χ1) is 9.39. The van der Waals surface area contributed by atoms with Gasteiger partial charge in [-0.3, -0.25) is 9.78 Å². The molecule has 0 aliphatic heterocycles. The lowest BCUT2D eigenvalue weighted by Crippen LogP contribution is -2.31. The number of halogens is 1. The summed E-state index contributed by atoms with van der Waals surface area (Å²) in [6.45, 7) is -2.49. The van der Waals surface area contributed by atoms with Crippen molar-refractivity contribution < 1.29 is 19.0 Å². The molecule has 2 unspecified atom stereocenters. The van der Waals surface area contributed by atoms with Gasteiger partial charge in [0.1, 0.15) is 11.8 Å². The molecule has 0 saturated carbocycles. The second-order valence-electron chi connectivity index (χ2n) is 4.09. The molecule has 8 heteroatoms. The molecule has 0 radical (unpaired) electrons. The van der Waals surface area contributed by atoms with E-state index in [-0.39, 0.29) is 5.75 Å². The van der Waals surface area contributed by atoms with E-state index in [1.54, 1.807) is 36.5 Å². The van der Waals surface area contributed by atoms with Crippen molar-refractivity contribution in [3.05, 3.63) is 36.5 Å². The van der Waals surface area contributed by atoms with Crippen LogP contribution >= 0.6 is 18.1 Å². The second-order valence-corrected chi connectivity index (χ2v) is 6.82. The van der Waals surface area contributed by atoms with E-state index in [1.807, 2.05) is 0 Å². The van der Waals surface area contributed by atoms with Crippen molar-refractivity contribution >= 4 is 35.0 Å². The number of rotatable bonds is 5. The van der Waals surface area contributed by atoms with Crippen LogP contribution in [0.5, 0.6) is 5.75 Å². The van der Waals surface area contributed by atoms with Gasteiger partial charge in [0, 0.05) is 22.8 Å². The lowest BCUT2D eigenvalue weighted by atomic mass is 10.2. The van der Waals surface area contributed by atoms with Crippen LogP contribution in [0.15, 0.2) is 36.5 Å². The summed E-state index contributed by atoms with van der Waals surface area (Å²) in [7, 11) is 0. The minimum absolute atomic E-state index is 0.277. The molecule has 106 valence electrons. The Bertz CT molecular complexity index is 689. The van der Waals surface area contributed by atoms with E-state index in [1.165, 1.54) is 6.92 Å². The standard InChI is InChI=1S/C12H12ClN2O4P/c1-8(12(16)17)15-20(13,18)19-11-6-2-5-10-9(11)4-3-7-14-10/h2-8H,1H3,(H,15,18)(H,16,17). The van der Waals surface area contributed by atoms with E-state index in [0.29, 0.717) is 10.9 Å². The quantitative estimate of drug-likeness (QED) is 0.825. The van der Waals surface area contributed by atoms with Gasteiger partial charge in [0.25, 0.3) is 0 Å². The van der Waals surface area contributed by atoms with E-state index in [0.717, 1.165) is 0 Å². The molecule has 6 nitrogen and oxygen atoms in total.